The molecule has 1 fully saturated rings. The molecule has 4 heteroatoms. The van der Waals surface area contributed by atoms with E-state index in [2.05, 4.69) is 12.1 Å². The Kier molecular flexibility index (Phi) is 4.07. The first-order valence-corrected chi connectivity index (χ1v) is 6.57. The van der Waals surface area contributed by atoms with Gasteiger partial charge in [0.05, 0.1) is 6.10 Å². The molecule has 1 aromatic rings. The van der Waals surface area contributed by atoms with Crippen molar-refractivity contribution in [3.8, 4) is 0 Å². The zero-order chi connectivity index (χ0) is 12.3. The fourth-order valence-electron chi connectivity index (χ4n) is 1.85. The lowest BCUT2D eigenvalue weighted by Gasteiger charge is -2.12. The van der Waals surface area contributed by atoms with Gasteiger partial charge in [0.2, 0.25) is 0 Å². The molecular weight excluding hydrogens is 236 g/mol. The zero-order valence-electron chi connectivity index (χ0n) is 9.96. The third-order valence-corrected chi connectivity index (χ3v) is 3.75. The molecule has 0 amide bonds. The second kappa shape index (κ2) is 5.56. The lowest BCUT2D eigenvalue weighted by atomic mass is 10.2. The fraction of sp³-hybridized carbons (Fsp3) is 0.462. The van der Waals surface area contributed by atoms with Crippen LogP contribution in [-0.4, -0.2) is 23.6 Å². The van der Waals surface area contributed by atoms with Gasteiger partial charge in [-0.2, -0.15) is 0 Å². The van der Waals surface area contributed by atoms with Crippen LogP contribution in [0.3, 0.4) is 0 Å². The van der Waals surface area contributed by atoms with Gasteiger partial charge in [0.25, 0.3) is 0 Å². The van der Waals surface area contributed by atoms with Gasteiger partial charge in [0.15, 0.2) is 0 Å². The van der Waals surface area contributed by atoms with Crippen LogP contribution in [0.2, 0.25) is 0 Å². The summed E-state index contributed by atoms with van der Waals surface area (Å²) in [5.74, 6) is -0.240. The highest BCUT2D eigenvalue weighted by atomic mass is 32.2. The molecule has 2 rings (SSSR count). The van der Waals surface area contributed by atoms with E-state index in [4.69, 9.17) is 9.47 Å². The molecule has 1 aliphatic rings. The predicted octanol–water partition coefficient (Wildman–Crippen LogP) is 2.85. The maximum atomic E-state index is 10.9. The van der Waals surface area contributed by atoms with E-state index >= 15 is 0 Å². The Hall–Kier alpha value is -1.00. The topological polar surface area (TPSA) is 35.5 Å². The minimum Gasteiger partial charge on any atom is -0.460 e. The molecule has 0 radical (unpaired) electrons. The summed E-state index contributed by atoms with van der Waals surface area (Å²) in [5.41, 5.74) is 0.0664. The number of hydrogen-bond donors (Lipinski definition) is 0. The highest BCUT2D eigenvalue weighted by molar-refractivity contribution is 7.99. The van der Waals surface area contributed by atoms with Crippen LogP contribution in [0, 0.1) is 0 Å². The first-order valence-electron chi connectivity index (χ1n) is 5.69. The molecule has 0 saturated carbocycles. The Bertz CT molecular complexity index is 380. The number of esters is 1. The number of benzene rings is 1. The van der Waals surface area contributed by atoms with E-state index in [0.717, 1.165) is 6.42 Å². The second-order valence-electron chi connectivity index (χ2n) is 4.09. The van der Waals surface area contributed by atoms with E-state index in [-0.39, 0.29) is 23.6 Å². The van der Waals surface area contributed by atoms with Crippen molar-refractivity contribution < 1.29 is 14.3 Å². The van der Waals surface area contributed by atoms with Crippen LogP contribution in [0.15, 0.2) is 35.2 Å². The predicted molar refractivity (Wildman–Crippen MR) is 66.8 cm³/mol. The van der Waals surface area contributed by atoms with Crippen molar-refractivity contribution in [2.75, 3.05) is 0 Å². The molecule has 0 bridgehead atoms. The molecule has 1 heterocycles. The lowest BCUT2D eigenvalue weighted by molar-refractivity contribution is -0.148. The van der Waals surface area contributed by atoms with Crippen LogP contribution in [-0.2, 0) is 14.3 Å². The highest BCUT2D eigenvalue weighted by Gasteiger charge is 2.34. The first kappa shape index (κ1) is 12.5. The summed E-state index contributed by atoms with van der Waals surface area (Å²) in [4.78, 5) is 12.1. The quantitative estimate of drug-likeness (QED) is 0.775. The summed E-state index contributed by atoms with van der Waals surface area (Å²) in [6, 6.07) is 10.1. The summed E-state index contributed by atoms with van der Waals surface area (Å²) in [6.07, 6.45) is 0.606. The molecule has 3 atom stereocenters. The average molecular weight is 252 g/mol. The smallest absolute Gasteiger partial charge is 0.302 e. The Morgan fingerprint density at radius 3 is 2.76 bits per heavy atom. The SMILES string of the molecule is CC(=O)O[C@H]1C[C@@H](Sc2ccccc2)O[C@@H]1C. The number of hydrogen-bond acceptors (Lipinski definition) is 4. The maximum Gasteiger partial charge on any atom is 0.302 e. The summed E-state index contributed by atoms with van der Waals surface area (Å²) in [5, 5.41) is 0. The highest BCUT2D eigenvalue weighted by Crippen LogP contribution is 2.34. The normalized spacial score (nSPS) is 28.0. The van der Waals surface area contributed by atoms with Gasteiger partial charge in [-0.15, -0.1) is 0 Å². The molecule has 0 aliphatic carbocycles. The molecular formula is C13H16O3S. The standard InChI is InChI=1S/C13H16O3S/c1-9-12(16-10(2)14)8-13(15-9)17-11-6-4-3-5-7-11/h3-7,9,12-13H,8H2,1-2H3/t9-,12+,13-/m1/s1. The van der Waals surface area contributed by atoms with Crippen molar-refractivity contribution in [1.82, 2.24) is 0 Å². The minimum atomic E-state index is -0.240. The lowest BCUT2D eigenvalue weighted by Crippen LogP contribution is -2.23. The van der Waals surface area contributed by atoms with Gasteiger partial charge in [0, 0.05) is 18.2 Å². The third-order valence-electron chi connectivity index (χ3n) is 2.64. The maximum absolute atomic E-state index is 10.9. The van der Waals surface area contributed by atoms with Crippen molar-refractivity contribution in [2.45, 2.75) is 42.8 Å². The van der Waals surface area contributed by atoms with Crippen molar-refractivity contribution >= 4 is 17.7 Å². The summed E-state index contributed by atoms with van der Waals surface area (Å²) in [7, 11) is 0. The zero-order valence-corrected chi connectivity index (χ0v) is 10.8. The van der Waals surface area contributed by atoms with Crippen LogP contribution in [0.1, 0.15) is 20.3 Å². The van der Waals surface area contributed by atoms with Crippen molar-refractivity contribution in [2.24, 2.45) is 0 Å². The molecule has 17 heavy (non-hydrogen) atoms. The number of rotatable bonds is 3. The molecule has 0 aromatic heterocycles. The molecule has 0 N–H and O–H groups in total. The number of thioether (sulfide) groups is 1. The third kappa shape index (κ3) is 3.48. The Labute approximate surface area is 105 Å². The van der Waals surface area contributed by atoms with Crippen molar-refractivity contribution in [3.05, 3.63) is 30.3 Å². The Morgan fingerprint density at radius 1 is 1.41 bits per heavy atom. The van der Waals surface area contributed by atoms with Gasteiger partial charge in [-0.1, -0.05) is 30.0 Å². The van der Waals surface area contributed by atoms with E-state index in [0.29, 0.717) is 0 Å². The molecule has 0 spiro atoms. The van der Waals surface area contributed by atoms with Gasteiger partial charge in [-0.25, -0.2) is 0 Å². The monoisotopic (exact) mass is 252 g/mol. The second-order valence-corrected chi connectivity index (χ2v) is 5.32. The average Bonchev–Trinajstić information content (AvgIpc) is 2.59. The van der Waals surface area contributed by atoms with E-state index in [1.807, 2.05) is 25.1 Å². The molecule has 1 aliphatic heterocycles. The largest absolute Gasteiger partial charge is 0.460 e. The Balaban J connectivity index is 1.91. The van der Waals surface area contributed by atoms with Crippen molar-refractivity contribution in [1.29, 1.82) is 0 Å². The van der Waals surface area contributed by atoms with E-state index in [1.165, 1.54) is 11.8 Å². The summed E-state index contributed by atoms with van der Waals surface area (Å²) in [6.45, 7) is 3.38. The van der Waals surface area contributed by atoms with Crippen LogP contribution < -0.4 is 0 Å². The first-order chi connectivity index (χ1) is 8.15. The number of carbonyl (C=O) groups excluding carboxylic acids is 1. The summed E-state index contributed by atoms with van der Waals surface area (Å²) >= 11 is 1.67. The van der Waals surface area contributed by atoms with Crippen molar-refractivity contribution in [3.63, 3.8) is 0 Å². The molecule has 92 valence electrons. The van der Waals surface area contributed by atoms with Crippen LogP contribution in [0.25, 0.3) is 0 Å². The van der Waals surface area contributed by atoms with Gasteiger partial charge in [0.1, 0.15) is 11.5 Å². The molecule has 1 saturated heterocycles. The number of carbonyl (C=O) groups is 1. The molecule has 0 unspecified atom stereocenters. The molecule has 3 nitrogen and oxygen atoms in total. The van der Waals surface area contributed by atoms with Crippen LogP contribution >= 0.6 is 11.8 Å². The molecule has 1 aromatic carbocycles. The fourth-order valence-corrected chi connectivity index (χ4v) is 2.98. The van der Waals surface area contributed by atoms with Gasteiger partial charge in [-0.3, -0.25) is 4.79 Å². The van der Waals surface area contributed by atoms with Crippen LogP contribution in [0.5, 0.6) is 0 Å². The number of ether oxygens (including phenoxy) is 2. The summed E-state index contributed by atoms with van der Waals surface area (Å²) < 4.78 is 11.0. The minimum absolute atomic E-state index is 0.0277. The van der Waals surface area contributed by atoms with E-state index in [9.17, 15) is 4.79 Å². The van der Waals surface area contributed by atoms with Crippen LogP contribution in [0.4, 0.5) is 0 Å². The van der Waals surface area contributed by atoms with E-state index in [1.54, 1.807) is 11.8 Å². The van der Waals surface area contributed by atoms with Gasteiger partial charge in [-0.05, 0) is 19.1 Å². The van der Waals surface area contributed by atoms with Gasteiger partial charge < -0.3 is 9.47 Å². The Morgan fingerprint density at radius 2 is 2.12 bits per heavy atom. The van der Waals surface area contributed by atoms with E-state index < -0.39 is 0 Å². The van der Waals surface area contributed by atoms with Gasteiger partial charge >= 0.3 is 5.97 Å².